The Bertz CT molecular complexity index is 886. The fourth-order valence-corrected chi connectivity index (χ4v) is 4.58. The molecule has 0 saturated carbocycles. The van der Waals surface area contributed by atoms with Crippen LogP contribution in [0.15, 0.2) is 53.5 Å². The van der Waals surface area contributed by atoms with Crippen molar-refractivity contribution in [2.24, 2.45) is 0 Å². The van der Waals surface area contributed by atoms with Crippen LogP contribution in [0.25, 0.3) is 11.4 Å². The number of rotatable bonds is 7. The Hall–Kier alpha value is -1.83. The Morgan fingerprint density at radius 2 is 1.83 bits per heavy atom. The van der Waals surface area contributed by atoms with Gasteiger partial charge in [0.15, 0.2) is 5.82 Å². The van der Waals surface area contributed by atoms with Crippen LogP contribution in [0, 0.1) is 0 Å². The molecule has 0 spiro atoms. The van der Waals surface area contributed by atoms with Crippen molar-refractivity contribution in [2.75, 3.05) is 26.2 Å². The average molecular weight is 429 g/mol. The molecule has 4 rings (SSSR count). The van der Waals surface area contributed by atoms with Crippen LogP contribution in [0.4, 0.5) is 0 Å². The second-order valence-electron chi connectivity index (χ2n) is 7.43. The lowest BCUT2D eigenvalue weighted by Crippen LogP contribution is -2.52. The molecule has 0 amide bonds. The zero-order valence-corrected chi connectivity index (χ0v) is 17.8. The number of hydrogen-bond acceptors (Lipinski definition) is 6. The van der Waals surface area contributed by atoms with Crippen LogP contribution in [0.5, 0.6) is 0 Å². The first-order valence-corrected chi connectivity index (χ1v) is 11.2. The Morgan fingerprint density at radius 3 is 2.52 bits per heavy atom. The van der Waals surface area contributed by atoms with Gasteiger partial charge in [-0.25, -0.2) is 9.97 Å². The second kappa shape index (κ2) is 9.78. The molecule has 1 aliphatic rings. The molecule has 5 nitrogen and oxygen atoms in total. The molecule has 2 aromatic heterocycles. The SMILES string of the molecule is OCC[C@H]1CN(Cc2cnc(-c3ccc(Cl)cc3)nc2)CCN1Cc1ccsc1. The molecule has 1 aromatic carbocycles. The highest BCUT2D eigenvalue weighted by atomic mass is 35.5. The molecule has 1 aliphatic heterocycles. The molecule has 3 heterocycles. The van der Waals surface area contributed by atoms with Gasteiger partial charge in [0.1, 0.15) is 0 Å². The van der Waals surface area contributed by atoms with Crippen LogP contribution in [0.1, 0.15) is 17.5 Å². The summed E-state index contributed by atoms with van der Waals surface area (Å²) < 4.78 is 0. The predicted molar refractivity (Wildman–Crippen MR) is 118 cm³/mol. The van der Waals surface area contributed by atoms with Gasteiger partial charge in [0, 0.05) is 73.9 Å². The summed E-state index contributed by atoms with van der Waals surface area (Å²) in [6.45, 7) is 4.96. The molecule has 7 heteroatoms. The van der Waals surface area contributed by atoms with E-state index in [9.17, 15) is 5.11 Å². The molecule has 1 saturated heterocycles. The quantitative estimate of drug-likeness (QED) is 0.618. The summed E-state index contributed by atoms with van der Waals surface area (Å²) in [6.07, 6.45) is 4.62. The highest BCUT2D eigenvalue weighted by Crippen LogP contribution is 2.21. The van der Waals surface area contributed by atoms with Crippen LogP contribution < -0.4 is 0 Å². The third kappa shape index (κ3) is 5.41. The lowest BCUT2D eigenvalue weighted by atomic mass is 10.1. The van der Waals surface area contributed by atoms with E-state index >= 15 is 0 Å². The second-order valence-corrected chi connectivity index (χ2v) is 8.64. The van der Waals surface area contributed by atoms with Crippen molar-refractivity contribution in [1.29, 1.82) is 0 Å². The van der Waals surface area contributed by atoms with Crippen LogP contribution in [-0.2, 0) is 13.1 Å². The fraction of sp³-hybridized carbons (Fsp3) is 0.364. The Kier molecular flexibility index (Phi) is 6.90. The average Bonchev–Trinajstić information content (AvgIpc) is 3.25. The van der Waals surface area contributed by atoms with Crippen molar-refractivity contribution in [3.05, 3.63) is 69.6 Å². The van der Waals surface area contributed by atoms with E-state index in [4.69, 9.17) is 11.6 Å². The number of nitrogens with zero attached hydrogens (tertiary/aromatic N) is 4. The molecule has 29 heavy (non-hydrogen) atoms. The molecular weight excluding hydrogens is 404 g/mol. The molecule has 152 valence electrons. The maximum atomic E-state index is 9.52. The fourth-order valence-electron chi connectivity index (χ4n) is 3.79. The maximum Gasteiger partial charge on any atom is 0.159 e. The minimum absolute atomic E-state index is 0.220. The molecule has 0 bridgehead atoms. The molecule has 1 N–H and O–H groups in total. The summed E-state index contributed by atoms with van der Waals surface area (Å²) >= 11 is 7.69. The number of hydrogen-bond donors (Lipinski definition) is 1. The molecule has 0 aliphatic carbocycles. The van der Waals surface area contributed by atoms with Crippen LogP contribution >= 0.6 is 22.9 Å². The summed E-state index contributed by atoms with van der Waals surface area (Å²) in [7, 11) is 0. The van der Waals surface area contributed by atoms with E-state index in [0.717, 1.165) is 50.3 Å². The number of benzene rings is 1. The van der Waals surface area contributed by atoms with Gasteiger partial charge >= 0.3 is 0 Å². The highest BCUT2D eigenvalue weighted by Gasteiger charge is 2.26. The first kappa shape index (κ1) is 20.4. The number of piperazine rings is 1. The number of aliphatic hydroxyl groups excluding tert-OH is 1. The summed E-state index contributed by atoms with van der Waals surface area (Å²) in [5.41, 5.74) is 3.43. The van der Waals surface area contributed by atoms with Gasteiger partial charge in [0.25, 0.3) is 0 Å². The van der Waals surface area contributed by atoms with E-state index in [2.05, 4.69) is 36.6 Å². The monoisotopic (exact) mass is 428 g/mol. The molecule has 1 fully saturated rings. The number of halogens is 1. The topological polar surface area (TPSA) is 52.5 Å². The van der Waals surface area contributed by atoms with Gasteiger partial charge in [-0.3, -0.25) is 9.80 Å². The van der Waals surface area contributed by atoms with Gasteiger partial charge in [-0.15, -0.1) is 0 Å². The minimum atomic E-state index is 0.220. The van der Waals surface area contributed by atoms with Crippen molar-refractivity contribution >= 4 is 22.9 Å². The van der Waals surface area contributed by atoms with Gasteiger partial charge in [0.2, 0.25) is 0 Å². The lowest BCUT2D eigenvalue weighted by molar-refractivity contribution is 0.0500. The van der Waals surface area contributed by atoms with Crippen LogP contribution in [0.3, 0.4) is 0 Å². The van der Waals surface area contributed by atoms with Crippen LogP contribution in [0.2, 0.25) is 5.02 Å². The zero-order chi connectivity index (χ0) is 20.1. The van der Waals surface area contributed by atoms with E-state index < -0.39 is 0 Å². The van der Waals surface area contributed by atoms with E-state index in [0.29, 0.717) is 16.9 Å². The Balaban J connectivity index is 1.37. The molecular formula is C22H25ClN4OS. The van der Waals surface area contributed by atoms with Crippen molar-refractivity contribution in [3.8, 4) is 11.4 Å². The first-order chi connectivity index (χ1) is 14.2. The van der Waals surface area contributed by atoms with Crippen molar-refractivity contribution in [1.82, 2.24) is 19.8 Å². The normalized spacial score (nSPS) is 18.2. The van der Waals surface area contributed by atoms with Gasteiger partial charge in [-0.1, -0.05) is 11.6 Å². The Labute approximate surface area is 180 Å². The molecule has 0 unspecified atom stereocenters. The van der Waals surface area contributed by atoms with Gasteiger partial charge in [-0.05, 0) is 53.1 Å². The third-order valence-electron chi connectivity index (χ3n) is 5.33. The van der Waals surface area contributed by atoms with E-state index in [1.807, 2.05) is 36.7 Å². The lowest BCUT2D eigenvalue weighted by Gasteiger charge is -2.41. The summed E-state index contributed by atoms with van der Waals surface area (Å²) in [4.78, 5) is 14.0. The first-order valence-electron chi connectivity index (χ1n) is 9.86. The van der Waals surface area contributed by atoms with Crippen molar-refractivity contribution in [2.45, 2.75) is 25.6 Å². The van der Waals surface area contributed by atoms with Gasteiger partial charge in [0.05, 0.1) is 0 Å². The zero-order valence-electron chi connectivity index (χ0n) is 16.2. The van der Waals surface area contributed by atoms with Gasteiger partial charge in [-0.2, -0.15) is 11.3 Å². The van der Waals surface area contributed by atoms with Crippen molar-refractivity contribution < 1.29 is 5.11 Å². The Morgan fingerprint density at radius 1 is 1.03 bits per heavy atom. The van der Waals surface area contributed by atoms with E-state index in [1.165, 1.54) is 5.56 Å². The maximum absolute atomic E-state index is 9.52. The molecule has 0 radical (unpaired) electrons. The summed E-state index contributed by atoms with van der Waals surface area (Å²) in [6, 6.07) is 10.1. The largest absolute Gasteiger partial charge is 0.396 e. The molecule has 1 atom stereocenters. The van der Waals surface area contributed by atoms with Crippen molar-refractivity contribution in [3.63, 3.8) is 0 Å². The highest BCUT2D eigenvalue weighted by molar-refractivity contribution is 7.07. The summed E-state index contributed by atoms with van der Waals surface area (Å²) in [5.74, 6) is 0.712. The number of aliphatic hydroxyl groups is 1. The smallest absolute Gasteiger partial charge is 0.159 e. The van der Waals surface area contributed by atoms with E-state index in [1.54, 1.807) is 11.3 Å². The minimum Gasteiger partial charge on any atom is -0.396 e. The summed E-state index contributed by atoms with van der Waals surface area (Å²) in [5, 5.41) is 14.6. The predicted octanol–water partition coefficient (Wildman–Crippen LogP) is 3.93. The van der Waals surface area contributed by atoms with Crippen LogP contribution in [-0.4, -0.2) is 57.2 Å². The van der Waals surface area contributed by atoms with Gasteiger partial charge < -0.3 is 5.11 Å². The standard InChI is InChI=1S/C22H25ClN4OS/c23-20-3-1-19(2-4-20)22-24-11-18(12-25-22)13-26-7-8-27(21(15-26)5-9-28)14-17-6-10-29-16-17/h1-4,6,10-12,16,21,28H,5,7-9,13-15H2/t21-/m0/s1. The van der Waals surface area contributed by atoms with E-state index in [-0.39, 0.29) is 6.61 Å². The molecule has 3 aromatic rings. The number of thiophene rings is 1. The number of aromatic nitrogens is 2. The third-order valence-corrected chi connectivity index (χ3v) is 6.31.